The number of carboxylic acid groups (broad SMARTS) is 1. The molecule has 2 amide bonds. The van der Waals surface area contributed by atoms with E-state index in [9.17, 15) is 19.5 Å². The number of fused-ring (bicyclic) bond motifs is 3. The number of carboxylic acids is 1. The van der Waals surface area contributed by atoms with Crippen LogP contribution in [0.5, 0.6) is 0 Å². The van der Waals surface area contributed by atoms with Gasteiger partial charge in [-0.1, -0.05) is 48.5 Å². The number of aliphatic carboxylic acids is 1. The fourth-order valence-corrected chi connectivity index (χ4v) is 5.08. The van der Waals surface area contributed by atoms with E-state index in [1.165, 1.54) is 0 Å². The highest BCUT2D eigenvalue weighted by molar-refractivity contribution is 5.86. The molecule has 3 N–H and O–H groups in total. The first-order chi connectivity index (χ1) is 17.0. The van der Waals surface area contributed by atoms with Crippen LogP contribution in [0.2, 0.25) is 0 Å². The molecular weight excluding hydrogens is 446 g/mol. The summed E-state index contributed by atoms with van der Waals surface area (Å²) < 4.78 is 5.57. The second-order valence-electron chi connectivity index (χ2n) is 9.13. The summed E-state index contributed by atoms with van der Waals surface area (Å²) >= 11 is 0. The molecule has 2 aliphatic carbocycles. The molecule has 2 aromatic rings. The van der Waals surface area contributed by atoms with E-state index in [4.69, 9.17) is 10.00 Å². The molecule has 0 aliphatic heterocycles. The van der Waals surface area contributed by atoms with Crippen molar-refractivity contribution in [2.45, 2.75) is 56.5 Å². The summed E-state index contributed by atoms with van der Waals surface area (Å²) in [5.41, 5.74) is 4.45. The van der Waals surface area contributed by atoms with Crippen molar-refractivity contribution >= 4 is 18.0 Å². The van der Waals surface area contributed by atoms with E-state index in [1.807, 2.05) is 42.5 Å². The molecule has 3 atom stereocenters. The van der Waals surface area contributed by atoms with Crippen LogP contribution in [0.15, 0.2) is 48.5 Å². The molecule has 35 heavy (non-hydrogen) atoms. The van der Waals surface area contributed by atoms with Crippen molar-refractivity contribution in [3.63, 3.8) is 0 Å². The number of carbonyl (C=O) groups excluding carboxylic acids is 2. The first-order valence-corrected chi connectivity index (χ1v) is 12.0. The van der Waals surface area contributed by atoms with Crippen molar-refractivity contribution in [2.75, 3.05) is 6.61 Å². The molecule has 8 nitrogen and oxygen atoms in total. The summed E-state index contributed by atoms with van der Waals surface area (Å²) in [5.74, 6) is -1.80. The molecule has 3 unspecified atom stereocenters. The molecule has 0 saturated heterocycles. The van der Waals surface area contributed by atoms with E-state index in [2.05, 4.69) is 22.8 Å². The second kappa shape index (κ2) is 11.0. The van der Waals surface area contributed by atoms with Crippen molar-refractivity contribution in [3.05, 3.63) is 59.7 Å². The van der Waals surface area contributed by atoms with E-state index >= 15 is 0 Å². The third kappa shape index (κ3) is 5.62. The Kier molecular flexibility index (Phi) is 7.66. The van der Waals surface area contributed by atoms with Crippen LogP contribution in [0.25, 0.3) is 11.1 Å². The van der Waals surface area contributed by atoms with Gasteiger partial charge in [0.05, 0.1) is 12.0 Å². The van der Waals surface area contributed by atoms with E-state index in [0.29, 0.717) is 32.1 Å². The molecule has 4 rings (SSSR count). The quantitative estimate of drug-likeness (QED) is 0.471. The summed E-state index contributed by atoms with van der Waals surface area (Å²) in [5, 5.41) is 23.6. The number of nitrogens with zero attached hydrogens (tertiary/aromatic N) is 1. The van der Waals surface area contributed by atoms with Crippen molar-refractivity contribution in [2.24, 2.45) is 5.92 Å². The number of unbranched alkanes of at least 4 members (excludes halogenated alkanes) is 1. The van der Waals surface area contributed by atoms with Crippen LogP contribution in [-0.4, -0.2) is 41.8 Å². The van der Waals surface area contributed by atoms with Gasteiger partial charge < -0.3 is 20.5 Å². The lowest BCUT2D eigenvalue weighted by atomic mass is 9.98. The summed E-state index contributed by atoms with van der Waals surface area (Å²) in [4.78, 5) is 36.8. The molecule has 182 valence electrons. The maximum atomic E-state index is 12.9. The number of benzene rings is 2. The standard InChI is InChI=1S/C27H29N3O5/c28-14-6-5-11-24(25(31)29-18-13-12-17(15-18)26(32)33)30-27(34)35-16-23-21-9-3-1-7-19(21)20-8-2-4-10-22(20)23/h1-4,7-10,17-18,23-24H,5-6,11-13,15-16H2,(H,29,31)(H,30,34)(H,32,33). The number of hydrogen-bond acceptors (Lipinski definition) is 5. The predicted octanol–water partition coefficient (Wildman–Crippen LogP) is 3.96. The minimum atomic E-state index is -0.858. The molecule has 8 heteroatoms. The number of carbonyl (C=O) groups is 3. The van der Waals surface area contributed by atoms with Crippen LogP contribution in [0, 0.1) is 17.2 Å². The third-order valence-electron chi connectivity index (χ3n) is 6.86. The molecule has 1 fully saturated rings. The number of nitrogens with one attached hydrogen (secondary N) is 2. The number of alkyl carbamates (subject to hydrolysis) is 1. The van der Waals surface area contributed by atoms with Gasteiger partial charge in [-0.15, -0.1) is 0 Å². The van der Waals surface area contributed by atoms with Gasteiger partial charge in [0, 0.05) is 18.4 Å². The topological polar surface area (TPSA) is 129 Å². The lowest BCUT2D eigenvalue weighted by Crippen LogP contribution is -2.49. The first kappa shape index (κ1) is 24.3. The van der Waals surface area contributed by atoms with Crippen molar-refractivity contribution in [1.82, 2.24) is 10.6 Å². The maximum Gasteiger partial charge on any atom is 0.407 e. The highest BCUT2D eigenvalue weighted by atomic mass is 16.5. The Hall–Kier alpha value is -3.86. The smallest absolute Gasteiger partial charge is 0.407 e. The van der Waals surface area contributed by atoms with Crippen molar-refractivity contribution in [3.8, 4) is 17.2 Å². The van der Waals surface area contributed by atoms with Gasteiger partial charge in [-0.25, -0.2) is 4.79 Å². The molecule has 0 bridgehead atoms. The van der Waals surface area contributed by atoms with Gasteiger partial charge in [-0.3, -0.25) is 9.59 Å². The number of amides is 2. The SMILES string of the molecule is N#CCCCC(NC(=O)OCC1c2ccccc2-c2ccccc21)C(=O)NC1CCC(C(=O)O)C1. The average Bonchev–Trinajstić information content (AvgIpc) is 3.45. The summed E-state index contributed by atoms with van der Waals surface area (Å²) in [7, 11) is 0. The molecule has 2 aromatic carbocycles. The zero-order valence-electron chi connectivity index (χ0n) is 19.4. The van der Waals surface area contributed by atoms with Gasteiger partial charge in [0.15, 0.2) is 0 Å². The Morgan fingerprint density at radius 2 is 1.71 bits per heavy atom. The summed E-state index contributed by atoms with van der Waals surface area (Å²) in [6, 6.07) is 17.0. The molecule has 0 spiro atoms. The minimum Gasteiger partial charge on any atom is -0.481 e. The zero-order valence-corrected chi connectivity index (χ0v) is 19.4. The fourth-order valence-electron chi connectivity index (χ4n) is 5.08. The monoisotopic (exact) mass is 475 g/mol. The molecule has 2 aliphatic rings. The van der Waals surface area contributed by atoms with E-state index < -0.39 is 24.0 Å². The molecule has 1 saturated carbocycles. The van der Waals surface area contributed by atoms with E-state index in [1.54, 1.807) is 0 Å². The van der Waals surface area contributed by atoms with E-state index in [0.717, 1.165) is 22.3 Å². The Morgan fingerprint density at radius 1 is 1.06 bits per heavy atom. The number of rotatable bonds is 9. The number of ether oxygens (including phenoxy) is 1. The van der Waals surface area contributed by atoms with Crippen LogP contribution in [0.4, 0.5) is 4.79 Å². The Balaban J connectivity index is 1.37. The summed E-state index contributed by atoms with van der Waals surface area (Å²) in [6.45, 7) is 0.134. The number of hydrogen-bond donors (Lipinski definition) is 3. The maximum absolute atomic E-state index is 12.9. The zero-order chi connectivity index (χ0) is 24.8. The van der Waals surface area contributed by atoms with Crippen LogP contribution in [-0.2, 0) is 14.3 Å². The Bertz CT molecular complexity index is 1100. The van der Waals surface area contributed by atoms with E-state index in [-0.39, 0.29) is 30.9 Å². The third-order valence-corrected chi connectivity index (χ3v) is 6.86. The van der Waals surface area contributed by atoms with Crippen LogP contribution in [0.1, 0.15) is 55.6 Å². The normalized spacial score (nSPS) is 19.2. The summed E-state index contributed by atoms with van der Waals surface area (Å²) in [6.07, 6.45) is 1.77. The van der Waals surface area contributed by atoms with Crippen LogP contribution < -0.4 is 10.6 Å². The van der Waals surface area contributed by atoms with Crippen LogP contribution in [0.3, 0.4) is 0 Å². The minimum absolute atomic E-state index is 0.0922. The number of nitriles is 1. The molecule has 0 aromatic heterocycles. The Morgan fingerprint density at radius 3 is 2.31 bits per heavy atom. The average molecular weight is 476 g/mol. The fraction of sp³-hybridized carbons (Fsp3) is 0.407. The van der Waals surface area contributed by atoms with Gasteiger partial charge in [0.25, 0.3) is 0 Å². The lowest BCUT2D eigenvalue weighted by Gasteiger charge is -2.21. The van der Waals surface area contributed by atoms with Gasteiger partial charge in [0.2, 0.25) is 5.91 Å². The van der Waals surface area contributed by atoms with Crippen molar-refractivity contribution < 1.29 is 24.2 Å². The highest BCUT2D eigenvalue weighted by Gasteiger charge is 2.33. The molecule has 0 heterocycles. The van der Waals surface area contributed by atoms with Gasteiger partial charge in [-0.2, -0.15) is 5.26 Å². The van der Waals surface area contributed by atoms with Crippen molar-refractivity contribution in [1.29, 1.82) is 5.26 Å². The predicted molar refractivity (Wildman–Crippen MR) is 128 cm³/mol. The molecule has 0 radical (unpaired) electrons. The van der Waals surface area contributed by atoms with Gasteiger partial charge in [0.1, 0.15) is 12.6 Å². The largest absolute Gasteiger partial charge is 0.481 e. The first-order valence-electron chi connectivity index (χ1n) is 12.0. The second-order valence-corrected chi connectivity index (χ2v) is 9.13. The van der Waals surface area contributed by atoms with Gasteiger partial charge >= 0.3 is 12.1 Å². The Labute approximate surface area is 204 Å². The lowest BCUT2D eigenvalue weighted by molar-refractivity contribution is -0.141. The molecular formula is C27H29N3O5. The van der Waals surface area contributed by atoms with Crippen LogP contribution >= 0.6 is 0 Å². The van der Waals surface area contributed by atoms with Gasteiger partial charge in [-0.05, 0) is 54.4 Å². The highest BCUT2D eigenvalue weighted by Crippen LogP contribution is 2.44.